The topological polar surface area (TPSA) is 93.5 Å². The van der Waals surface area contributed by atoms with Gasteiger partial charge in [-0.05, 0) is 54.6 Å². The highest BCUT2D eigenvalue weighted by molar-refractivity contribution is 7.22. The minimum Gasteiger partial charge on any atom is -0.497 e. The Morgan fingerprint density at radius 2 is 1.86 bits per heavy atom. The minimum absolute atomic E-state index is 0.215. The number of carbonyl (C=O) groups is 2. The second-order valence-electron chi connectivity index (χ2n) is 5.82. The summed E-state index contributed by atoms with van der Waals surface area (Å²) >= 11 is 1.31. The maximum absolute atomic E-state index is 12.4. The Labute approximate surface area is 164 Å². The largest absolute Gasteiger partial charge is 0.497 e. The number of rotatable bonds is 5. The van der Waals surface area contributed by atoms with Crippen molar-refractivity contribution < 1.29 is 18.7 Å². The number of amides is 2. The molecule has 0 aliphatic rings. The lowest BCUT2D eigenvalue weighted by molar-refractivity contribution is 0.0994. The average molecular weight is 393 g/mol. The second kappa shape index (κ2) is 7.53. The predicted molar refractivity (Wildman–Crippen MR) is 107 cm³/mol. The summed E-state index contributed by atoms with van der Waals surface area (Å²) in [5, 5.41) is 6.02. The van der Waals surface area contributed by atoms with Gasteiger partial charge in [-0.2, -0.15) is 0 Å². The maximum Gasteiger partial charge on any atom is 0.293 e. The fraction of sp³-hybridized carbons (Fsp3) is 0.0500. The Morgan fingerprint density at radius 1 is 1.04 bits per heavy atom. The highest BCUT2D eigenvalue weighted by atomic mass is 32.1. The van der Waals surface area contributed by atoms with Crippen molar-refractivity contribution in [2.24, 2.45) is 0 Å². The van der Waals surface area contributed by atoms with Crippen molar-refractivity contribution in [1.29, 1.82) is 0 Å². The van der Waals surface area contributed by atoms with Crippen LogP contribution in [0.4, 0.5) is 10.8 Å². The van der Waals surface area contributed by atoms with Gasteiger partial charge in [0.1, 0.15) is 5.75 Å². The van der Waals surface area contributed by atoms with Crippen LogP contribution < -0.4 is 15.4 Å². The quantitative estimate of drug-likeness (QED) is 0.524. The summed E-state index contributed by atoms with van der Waals surface area (Å²) in [5.41, 5.74) is 1.89. The number of nitrogens with one attached hydrogen (secondary N) is 2. The zero-order valence-corrected chi connectivity index (χ0v) is 15.6. The Kier molecular flexibility index (Phi) is 4.77. The summed E-state index contributed by atoms with van der Waals surface area (Å²) in [6.07, 6.45) is 1.44. The first-order valence-electron chi connectivity index (χ1n) is 8.33. The first-order chi connectivity index (χ1) is 13.6. The summed E-state index contributed by atoms with van der Waals surface area (Å²) in [6.45, 7) is 0. The van der Waals surface area contributed by atoms with Crippen LogP contribution >= 0.6 is 11.3 Å². The van der Waals surface area contributed by atoms with Gasteiger partial charge in [-0.3, -0.25) is 14.9 Å². The molecular weight excluding hydrogens is 378 g/mol. The number of thiazole rings is 1. The molecule has 2 N–H and O–H groups in total. The number of hydrogen-bond donors (Lipinski definition) is 2. The van der Waals surface area contributed by atoms with Crippen LogP contribution in [0.25, 0.3) is 10.2 Å². The molecule has 7 nitrogen and oxygen atoms in total. The van der Waals surface area contributed by atoms with Crippen molar-refractivity contribution in [2.75, 3.05) is 17.7 Å². The molecule has 0 spiro atoms. The molecule has 8 heteroatoms. The molecule has 0 radical (unpaired) electrons. The van der Waals surface area contributed by atoms with Crippen LogP contribution in [0, 0.1) is 0 Å². The van der Waals surface area contributed by atoms with E-state index in [1.807, 2.05) is 6.07 Å². The molecule has 0 saturated carbocycles. The van der Waals surface area contributed by atoms with E-state index < -0.39 is 0 Å². The van der Waals surface area contributed by atoms with Crippen molar-refractivity contribution in [3.8, 4) is 5.75 Å². The van der Waals surface area contributed by atoms with Crippen molar-refractivity contribution in [1.82, 2.24) is 4.98 Å². The number of furan rings is 1. The molecule has 0 aliphatic heterocycles. The van der Waals surface area contributed by atoms with Crippen LogP contribution in [0.2, 0.25) is 0 Å². The highest BCUT2D eigenvalue weighted by Crippen LogP contribution is 2.29. The third kappa shape index (κ3) is 3.72. The molecule has 28 heavy (non-hydrogen) atoms. The number of aromatic nitrogens is 1. The average Bonchev–Trinajstić information content (AvgIpc) is 3.37. The fourth-order valence-corrected chi connectivity index (χ4v) is 3.47. The van der Waals surface area contributed by atoms with Crippen LogP contribution in [-0.4, -0.2) is 23.9 Å². The Morgan fingerprint density at radius 3 is 2.57 bits per heavy atom. The van der Waals surface area contributed by atoms with Crippen LogP contribution in [0.3, 0.4) is 0 Å². The summed E-state index contributed by atoms with van der Waals surface area (Å²) in [7, 11) is 1.57. The van der Waals surface area contributed by atoms with Gasteiger partial charge in [0, 0.05) is 11.3 Å². The minimum atomic E-state index is -0.364. The van der Waals surface area contributed by atoms with E-state index in [0.717, 1.165) is 10.2 Å². The fourth-order valence-electron chi connectivity index (χ4n) is 2.57. The third-order valence-electron chi connectivity index (χ3n) is 3.96. The molecule has 0 unspecified atom stereocenters. The number of carbonyl (C=O) groups excluding carboxylic acids is 2. The lowest BCUT2D eigenvalue weighted by Crippen LogP contribution is -2.11. The molecule has 0 bridgehead atoms. The molecule has 0 aliphatic carbocycles. The number of nitrogens with zero attached hydrogens (tertiary/aromatic N) is 1. The second-order valence-corrected chi connectivity index (χ2v) is 6.85. The van der Waals surface area contributed by atoms with Gasteiger partial charge in [0.15, 0.2) is 10.9 Å². The van der Waals surface area contributed by atoms with Crippen molar-refractivity contribution >= 4 is 44.2 Å². The van der Waals surface area contributed by atoms with Crippen LogP contribution in [0.15, 0.2) is 65.3 Å². The zero-order chi connectivity index (χ0) is 19.5. The number of anilines is 2. The first-order valence-corrected chi connectivity index (χ1v) is 9.15. The van der Waals surface area contributed by atoms with Gasteiger partial charge in [0.2, 0.25) is 0 Å². The smallest absolute Gasteiger partial charge is 0.293 e. The predicted octanol–water partition coefficient (Wildman–Crippen LogP) is 4.40. The Bertz CT molecular complexity index is 1130. The van der Waals surface area contributed by atoms with Gasteiger partial charge >= 0.3 is 0 Å². The molecule has 0 atom stereocenters. The summed E-state index contributed by atoms with van der Waals surface area (Å²) in [5.74, 6) is 0.313. The summed E-state index contributed by atoms with van der Waals surface area (Å²) in [6, 6.07) is 15.4. The summed E-state index contributed by atoms with van der Waals surface area (Å²) in [4.78, 5) is 28.8. The monoisotopic (exact) mass is 393 g/mol. The highest BCUT2D eigenvalue weighted by Gasteiger charge is 2.13. The normalized spacial score (nSPS) is 10.6. The SMILES string of the molecule is COc1ccc(C(=O)Nc2ccc3nc(NC(=O)c4ccco4)sc3c2)cc1. The molecule has 2 aromatic heterocycles. The molecule has 0 saturated heterocycles. The van der Waals surface area contributed by atoms with Crippen LogP contribution in [0.5, 0.6) is 5.75 Å². The van der Waals surface area contributed by atoms with Gasteiger partial charge in [-0.25, -0.2) is 4.98 Å². The lowest BCUT2D eigenvalue weighted by Gasteiger charge is -2.06. The number of ether oxygens (including phenoxy) is 1. The van der Waals surface area contributed by atoms with Gasteiger partial charge in [-0.15, -0.1) is 0 Å². The van der Waals surface area contributed by atoms with Crippen molar-refractivity contribution in [3.05, 3.63) is 72.2 Å². The molecule has 0 fully saturated rings. The van der Waals surface area contributed by atoms with Crippen molar-refractivity contribution in [2.45, 2.75) is 0 Å². The number of fused-ring (bicyclic) bond motifs is 1. The molecule has 2 amide bonds. The molecular formula is C20H15N3O4S. The number of methoxy groups -OCH3 is 1. The van der Waals surface area contributed by atoms with Gasteiger partial charge in [0.25, 0.3) is 11.8 Å². The van der Waals surface area contributed by atoms with Gasteiger partial charge < -0.3 is 14.5 Å². The van der Waals surface area contributed by atoms with E-state index in [9.17, 15) is 9.59 Å². The van der Waals surface area contributed by atoms with E-state index in [0.29, 0.717) is 22.1 Å². The molecule has 140 valence electrons. The van der Waals surface area contributed by atoms with E-state index in [4.69, 9.17) is 9.15 Å². The zero-order valence-electron chi connectivity index (χ0n) is 14.8. The van der Waals surface area contributed by atoms with Crippen LogP contribution in [0.1, 0.15) is 20.9 Å². The number of benzene rings is 2. The van der Waals surface area contributed by atoms with Gasteiger partial charge in [-0.1, -0.05) is 11.3 Å². The lowest BCUT2D eigenvalue weighted by atomic mass is 10.2. The van der Waals surface area contributed by atoms with Crippen LogP contribution in [-0.2, 0) is 0 Å². The Balaban J connectivity index is 1.49. The standard InChI is InChI=1S/C20H15N3O4S/c1-26-14-7-4-12(5-8-14)18(24)21-13-6-9-15-17(11-13)28-20(22-15)23-19(25)16-3-2-10-27-16/h2-11H,1H3,(H,21,24)(H,22,23,25). The summed E-state index contributed by atoms with van der Waals surface area (Å²) < 4.78 is 11.0. The maximum atomic E-state index is 12.4. The molecule has 4 rings (SSSR count). The van der Waals surface area contributed by atoms with Crippen molar-refractivity contribution in [3.63, 3.8) is 0 Å². The van der Waals surface area contributed by atoms with Gasteiger partial charge in [0.05, 0.1) is 23.6 Å². The first kappa shape index (κ1) is 17.7. The molecule has 2 heterocycles. The molecule has 4 aromatic rings. The van der Waals surface area contributed by atoms with E-state index in [1.54, 1.807) is 55.6 Å². The molecule has 2 aromatic carbocycles. The van der Waals surface area contributed by atoms with E-state index in [2.05, 4.69) is 15.6 Å². The van der Waals surface area contributed by atoms with E-state index in [1.165, 1.54) is 17.6 Å². The van der Waals surface area contributed by atoms with E-state index >= 15 is 0 Å². The third-order valence-corrected chi connectivity index (χ3v) is 4.90. The Hall–Kier alpha value is -3.65. The number of hydrogen-bond acceptors (Lipinski definition) is 6. The van der Waals surface area contributed by atoms with E-state index in [-0.39, 0.29) is 17.6 Å².